The molecular weight excluding hydrogens is 156 g/mol. The van der Waals surface area contributed by atoms with Gasteiger partial charge in [0.1, 0.15) is 0 Å². The molecule has 0 aromatic carbocycles. The average Bonchev–Trinajstić information content (AvgIpc) is 2.47. The Kier molecular flexibility index (Phi) is 3.29. The van der Waals surface area contributed by atoms with Gasteiger partial charge in [-0.15, -0.1) is 0 Å². The Hall–Kier alpha value is -0.830. The van der Waals surface area contributed by atoms with E-state index in [0.717, 1.165) is 6.42 Å². The molecule has 0 aromatic heterocycles. The third-order valence-corrected chi connectivity index (χ3v) is 1.91. The Labute approximate surface area is 72.4 Å². The first kappa shape index (κ1) is 9.26. The number of hydrogen-bond acceptors (Lipinski definition) is 3. The van der Waals surface area contributed by atoms with E-state index >= 15 is 0 Å². The van der Waals surface area contributed by atoms with Crippen molar-refractivity contribution in [1.29, 1.82) is 0 Å². The van der Waals surface area contributed by atoms with Crippen molar-refractivity contribution in [3.63, 3.8) is 0 Å². The van der Waals surface area contributed by atoms with Crippen molar-refractivity contribution in [3.05, 3.63) is 12.7 Å². The second kappa shape index (κ2) is 4.26. The lowest BCUT2D eigenvalue weighted by Crippen LogP contribution is -2.12. The van der Waals surface area contributed by atoms with Crippen LogP contribution in [0.15, 0.2) is 12.7 Å². The van der Waals surface area contributed by atoms with Crippen LogP contribution >= 0.6 is 0 Å². The molecular formula is C9H14O3. The zero-order chi connectivity index (χ0) is 8.97. The van der Waals surface area contributed by atoms with Crippen molar-refractivity contribution >= 4 is 5.97 Å². The molecule has 0 radical (unpaired) electrons. The van der Waals surface area contributed by atoms with Crippen molar-refractivity contribution in [1.82, 2.24) is 0 Å². The van der Waals surface area contributed by atoms with Crippen molar-refractivity contribution < 1.29 is 14.3 Å². The number of carbonyl (C=O) groups excluding carboxylic acids is 1. The third kappa shape index (κ3) is 2.66. The van der Waals surface area contributed by atoms with Gasteiger partial charge >= 0.3 is 5.97 Å². The summed E-state index contributed by atoms with van der Waals surface area (Å²) in [6, 6.07) is 0. The normalized spacial score (nSPS) is 28.4. The highest BCUT2D eigenvalue weighted by Gasteiger charge is 2.22. The summed E-state index contributed by atoms with van der Waals surface area (Å²) in [5.74, 6) is 0.0125. The van der Waals surface area contributed by atoms with E-state index in [1.54, 1.807) is 0 Å². The smallest absolute Gasteiger partial charge is 0.330 e. The van der Waals surface area contributed by atoms with Gasteiger partial charge in [-0.25, -0.2) is 4.79 Å². The topological polar surface area (TPSA) is 35.5 Å². The predicted octanol–water partition coefficient (Wildman–Crippen LogP) is 1.14. The Morgan fingerprint density at radius 3 is 3.08 bits per heavy atom. The summed E-state index contributed by atoms with van der Waals surface area (Å²) in [6.45, 7) is 6.49. The van der Waals surface area contributed by atoms with Crippen LogP contribution in [0.4, 0.5) is 0 Å². The van der Waals surface area contributed by atoms with Gasteiger partial charge in [0.15, 0.2) is 0 Å². The third-order valence-electron chi connectivity index (χ3n) is 1.91. The summed E-state index contributed by atoms with van der Waals surface area (Å²) in [4.78, 5) is 10.7. The minimum absolute atomic E-state index is 0.303. The van der Waals surface area contributed by atoms with E-state index in [0.29, 0.717) is 25.2 Å². The second-order valence-electron chi connectivity index (χ2n) is 3.08. The number of carbonyl (C=O) groups is 1. The van der Waals surface area contributed by atoms with Gasteiger partial charge in [-0.1, -0.05) is 6.58 Å². The van der Waals surface area contributed by atoms with Gasteiger partial charge in [0.2, 0.25) is 0 Å². The molecule has 0 spiro atoms. The van der Waals surface area contributed by atoms with E-state index in [1.165, 1.54) is 6.08 Å². The average molecular weight is 170 g/mol. The molecule has 1 fully saturated rings. The molecule has 3 nitrogen and oxygen atoms in total. The molecule has 2 atom stereocenters. The van der Waals surface area contributed by atoms with Crippen LogP contribution in [0.2, 0.25) is 0 Å². The first-order valence-electron chi connectivity index (χ1n) is 4.13. The Balaban J connectivity index is 2.15. The fraction of sp³-hybridized carbons (Fsp3) is 0.667. The lowest BCUT2D eigenvalue weighted by Gasteiger charge is -2.06. The van der Waals surface area contributed by atoms with Crippen LogP contribution in [-0.4, -0.2) is 25.3 Å². The van der Waals surface area contributed by atoms with Gasteiger partial charge in [0.05, 0.1) is 19.3 Å². The highest BCUT2D eigenvalue weighted by molar-refractivity contribution is 5.81. The van der Waals surface area contributed by atoms with Crippen molar-refractivity contribution in [2.24, 2.45) is 5.92 Å². The fourth-order valence-electron chi connectivity index (χ4n) is 1.28. The fourth-order valence-corrected chi connectivity index (χ4v) is 1.28. The Bertz CT molecular complexity index is 177. The van der Waals surface area contributed by atoms with Gasteiger partial charge in [0, 0.05) is 12.0 Å². The second-order valence-corrected chi connectivity index (χ2v) is 3.08. The molecule has 0 bridgehead atoms. The van der Waals surface area contributed by atoms with Crippen molar-refractivity contribution in [3.8, 4) is 0 Å². The lowest BCUT2D eigenvalue weighted by molar-refractivity contribution is -0.139. The van der Waals surface area contributed by atoms with Gasteiger partial charge in [-0.05, 0) is 13.3 Å². The first-order chi connectivity index (χ1) is 5.72. The molecule has 2 unspecified atom stereocenters. The number of hydrogen-bond donors (Lipinski definition) is 0. The Morgan fingerprint density at radius 2 is 2.58 bits per heavy atom. The molecule has 0 N–H and O–H groups in total. The molecule has 0 amide bonds. The maximum absolute atomic E-state index is 10.7. The van der Waals surface area contributed by atoms with Crippen molar-refractivity contribution in [2.45, 2.75) is 19.4 Å². The lowest BCUT2D eigenvalue weighted by atomic mass is 10.1. The van der Waals surface area contributed by atoms with Crippen LogP contribution in [0, 0.1) is 5.92 Å². The van der Waals surface area contributed by atoms with E-state index in [-0.39, 0.29) is 5.97 Å². The zero-order valence-electron chi connectivity index (χ0n) is 7.29. The maximum atomic E-state index is 10.7. The zero-order valence-corrected chi connectivity index (χ0v) is 7.29. The summed E-state index contributed by atoms with van der Waals surface area (Å²) < 4.78 is 10.2. The Morgan fingerprint density at radius 1 is 1.83 bits per heavy atom. The van der Waals surface area contributed by atoms with Crippen LogP contribution in [0.3, 0.4) is 0 Å². The van der Waals surface area contributed by atoms with Gasteiger partial charge < -0.3 is 9.47 Å². The van der Waals surface area contributed by atoms with Crippen LogP contribution in [-0.2, 0) is 14.3 Å². The number of ether oxygens (including phenoxy) is 2. The van der Waals surface area contributed by atoms with Crippen LogP contribution in [0.1, 0.15) is 13.3 Å². The van der Waals surface area contributed by atoms with Gasteiger partial charge in [-0.3, -0.25) is 0 Å². The monoisotopic (exact) mass is 170 g/mol. The maximum Gasteiger partial charge on any atom is 0.330 e. The minimum Gasteiger partial charge on any atom is -0.462 e. The summed E-state index contributed by atoms with van der Waals surface area (Å²) in [6.07, 6.45) is 2.46. The van der Waals surface area contributed by atoms with E-state index < -0.39 is 0 Å². The largest absolute Gasteiger partial charge is 0.462 e. The standard InChI is InChI=1S/C9H14O3/c1-3-9(10)12-6-8-4-7(2)11-5-8/h3,7-8H,1,4-6H2,2H3. The molecule has 0 aliphatic carbocycles. The predicted molar refractivity (Wildman–Crippen MR) is 44.7 cm³/mol. The summed E-state index contributed by atoms with van der Waals surface area (Å²) in [5, 5.41) is 0. The minimum atomic E-state index is -0.352. The van der Waals surface area contributed by atoms with E-state index in [1.807, 2.05) is 6.92 Å². The molecule has 1 aliphatic rings. The summed E-state index contributed by atoms with van der Waals surface area (Å²) >= 11 is 0. The first-order valence-corrected chi connectivity index (χ1v) is 4.13. The molecule has 0 saturated carbocycles. The summed E-state index contributed by atoms with van der Waals surface area (Å²) in [5.41, 5.74) is 0. The SMILES string of the molecule is C=CC(=O)OCC1COC(C)C1. The highest BCUT2D eigenvalue weighted by atomic mass is 16.5. The van der Waals surface area contributed by atoms with Crippen molar-refractivity contribution in [2.75, 3.05) is 13.2 Å². The molecule has 12 heavy (non-hydrogen) atoms. The van der Waals surface area contributed by atoms with Crippen LogP contribution < -0.4 is 0 Å². The molecule has 68 valence electrons. The number of esters is 1. The van der Waals surface area contributed by atoms with Gasteiger partial charge in [-0.2, -0.15) is 0 Å². The van der Waals surface area contributed by atoms with Crippen LogP contribution in [0.5, 0.6) is 0 Å². The van der Waals surface area contributed by atoms with E-state index in [9.17, 15) is 4.79 Å². The molecule has 3 heteroatoms. The van der Waals surface area contributed by atoms with E-state index in [4.69, 9.17) is 9.47 Å². The molecule has 1 rings (SSSR count). The van der Waals surface area contributed by atoms with E-state index in [2.05, 4.69) is 6.58 Å². The molecule has 1 heterocycles. The van der Waals surface area contributed by atoms with Gasteiger partial charge in [0.25, 0.3) is 0 Å². The molecule has 1 aliphatic heterocycles. The van der Waals surface area contributed by atoms with Crippen LogP contribution in [0.25, 0.3) is 0 Å². The quantitative estimate of drug-likeness (QED) is 0.470. The highest BCUT2D eigenvalue weighted by Crippen LogP contribution is 2.18. The molecule has 1 saturated heterocycles. The summed E-state index contributed by atoms with van der Waals surface area (Å²) in [7, 11) is 0. The molecule has 0 aromatic rings. The number of rotatable bonds is 3.